The molecule has 0 spiro atoms. The number of amides is 1. The zero-order valence-electron chi connectivity index (χ0n) is 10.8. The molecule has 1 aliphatic rings. The van der Waals surface area contributed by atoms with E-state index in [9.17, 15) is 4.79 Å². The molecule has 1 atom stereocenters. The first-order valence-electron chi connectivity index (χ1n) is 6.38. The second-order valence-electron chi connectivity index (χ2n) is 4.65. The van der Waals surface area contributed by atoms with E-state index in [1.165, 1.54) is 0 Å². The lowest BCUT2D eigenvalue weighted by molar-refractivity contribution is -0.134. The fourth-order valence-electron chi connectivity index (χ4n) is 1.52. The Balaban J connectivity index is 1.96. The van der Waals surface area contributed by atoms with Crippen LogP contribution in [0.4, 0.5) is 0 Å². The van der Waals surface area contributed by atoms with Gasteiger partial charge in [-0.05, 0) is 12.3 Å². The Kier molecular flexibility index (Phi) is 7.16. The Morgan fingerprint density at radius 3 is 3.00 bits per heavy atom. The number of rotatable bonds is 7. The summed E-state index contributed by atoms with van der Waals surface area (Å²) >= 11 is 0. The predicted octanol–water partition coefficient (Wildman–Crippen LogP) is 0.154. The highest BCUT2D eigenvalue weighted by atomic mass is 16.5. The Morgan fingerprint density at radius 1 is 1.53 bits per heavy atom. The molecule has 1 unspecified atom stereocenters. The molecular weight excluding hydrogens is 220 g/mol. The van der Waals surface area contributed by atoms with E-state index in [-0.39, 0.29) is 12.0 Å². The summed E-state index contributed by atoms with van der Waals surface area (Å²) in [5.41, 5.74) is 0. The van der Waals surface area contributed by atoms with E-state index in [0.717, 1.165) is 19.6 Å². The van der Waals surface area contributed by atoms with Crippen LogP contribution in [-0.4, -0.2) is 51.5 Å². The zero-order valence-corrected chi connectivity index (χ0v) is 10.8. The molecular formula is C12H24N2O3. The average molecular weight is 244 g/mol. The summed E-state index contributed by atoms with van der Waals surface area (Å²) in [4.78, 5) is 11.6. The topological polar surface area (TPSA) is 59.6 Å². The van der Waals surface area contributed by atoms with Gasteiger partial charge in [0, 0.05) is 26.2 Å². The van der Waals surface area contributed by atoms with Gasteiger partial charge in [-0.25, -0.2) is 0 Å². The first-order valence-corrected chi connectivity index (χ1v) is 6.38. The number of morpholine rings is 1. The van der Waals surface area contributed by atoms with Crippen LogP contribution in [0.5, 0.6) is 0 Å². The number of hydrogen-bond acceptors (Lipinski definition) is 4. The summed E-state index contributed by atoms with van der Waals surface area (Å²) in [6.45, 7) is 8.23. The van der Waals surface area contributed by atoms with Crippen LogP contribution in [0.1, 0.15) is 20.3 Å². The summed E-state index contributed by atoms with van der Waals surface area (Å²) < 4.78 is 10.7. The SMILES string of the molecule is CC(C)CCOCCNC(=O)C1CNCCO1. The van der Waals surface area contributed by atoms with E-state index in [0.29, 0.717) is 32.2 Å². The first kappa shape index (κ1) is 14.4. The van der Waals surface area contributed by atoms with E-state index in [1.54, 1.807) is 0 Å². The van der Waals surface area contributed by atoms with Crippen molar-refractivity contribution in [3.63, 3.8) is 0 Å². The van der Waals surface area contributed by atoms with Gasteiger partial charge in [0.2, 0.25) is 0 Å². The number of ether oxygens (including phenoxy) is 2. The van der Waals surface area contributed by atoms with Gasteiger partial charge >= 0.3 is 0 Å². The van der Waals surface area contributed by atoms with Crippen LogP contribution in [0, 0.1) is 5.92 Å². The maximum atomic E-state index is 11.6. The minimum atomic E-state index is -0.348. The summed E-state index contributed by atoms with van der Waals surface area (Å²) in [5.74, 6) is 0.607. The predicted molar refractivity (Wildman–Crippen MR) is 65.9 cm³/mol. The fraction of sp³-hybridized carbons (Fsp3) is 0.917. The number of carbonyl (C=O) groups excluding carboxylic acids is 1. The molecule has 1 aliphatic heterocycles. The number of carbonyl (C=O) groups is 1. The van der Waals surface area contributed by atoms with E-state index >= 15 is 0 Å². The van der Waals surface area contributed by atoms with Gasteiger partial charge in [-0.1, -0.05) is 13.8 Å². The Hall–Kier alpha value is -0.650. The maximum absolute atomic E-state index is 11.6. The van der Waals surface area contributed by atoms with Crippen LogP contribution in [0.2, 0.25) is 0 Å². The van der Waals surface area contributed by atoms with Gasteiger partial charge in [0.1, 0.15) is 6.10 Å². The van der Waals surface area contributed by atoms with Crippen molar-refractivity contribution in [2.24, 2.45) is 5.92 Å². The Labute approximate surface area is 103 Å². The maximum Gasteiger partial charge on any atom is 0.250 e. The largest absolute Gasteiger partial charge is 0.380 e. The molecule has 17 heavy (non-hydrogen) atoms. The van der Waals surface area contributed by atoms with Crippen LogP contribution in [0.25, 0.3) is 0 Å². The lowest BCUT2D eigenvalue weighted by Crippen LogP contribution is -2.48. The van der Waals surface area contributed by atoms with Gasteiger partial charge in [0.05, 0.1) is 13.2 Å². The number of nitrogens with one attached hydrogen (secondary N) is 2. The van der Waals surface area contributed by atoms with Crippen molar-refractivity contribution in [1.29, 1.82) is 0 Å². The van der Waals surface area contributed by atoms with Crippen molar-refractivity contribution < 1.29 is 14.3 Å². The van der Waals surface area contributed by atoms with E-state index in [2.05, 4.69) is 24.5 Å². The van der Waals surface area contributed by atoms with Gasteiger partial charge < -0.3 is 20.1 Å². The normalized spacial score (nSPS) is 20.5. The van der Waals surface area contributed by atoms with Crippen molar-refractivity contribution in [1.82, 2.24) is 10.6 Å². The van der Waals surface area contributed by atoms with Crippen molar-refractivity contribution in [2.45, 2.75) is 26.4 Å². The third kappa shape index (κ3) is 6.61. The number of hydrogen-bond donors (Lipinski definition) is 2. The monoisotopic (exact) mass is 244 g/mol. The fourth-order valence-corrected chi connectivity index (χ4v) is 1.52. The zero-order chi connectivity index (χ0) is 12.5. The molecule has 1 saturated heterocycles. The van der Waals surface area contributed by atoms with Crippen LogP contribution in [0.3, 0.4) is 0 Å². The van der Waals surface area contributed by atoms with Gasteiger partial charge in [0.25, 0.3) is 5.91 Å². The lowest BCUT2D eigenvalue weighted by atomic mass is 10.1. The molecule has 0 aliphatic carbocycles. The molecule has 0 saturated carbocycles. The van der Waals surface area contributed by atoms with Gasteiger partial charge in [-0.3, -0.25) is 4.79 Å². The summed E-state index contributed by atoms with van der Waals surface area (Å²) in [6.07, 6.45) is 0.711. The minimum Gasteiger partial charge on any atom is -0.380 e. The molecule has 0 aromatic heterocycles. The second-order valence-corrected chi connectivity index (χ2v) is 4.65. The standard InChI is InChI=1S/C12H24N2O3/c1-10(2)3-6-16-7-5-14-12(15)11-9-13-4-8-17-11/h10-11,13H,3-9H2,1-2H3,(H,14,15). The molecule has 1 fully saturated rings. The van der Waals surface area contributed by atoms with Crippen molar-refractivity contribution >= 4 is 5.91 Å². The molecule has 1 rings (SSSR count). The summed E-state index contributed by atoms with van der Waals surface area (Å²) in [7, 11) is 0. The van der Waals surface area contributed by atoms with Crippen LogP contribution in [0.15, 0.2) is 0 Å². The van der Waals surface area contributed by atoms with Crippen LogP contribution >= 0.6 is 0 Å². The van der Waals surface area contributed by atoms with Crippen molar-refractivity contribution in [3.8, 4) is 0 Å². The molecule has 0 aromatic carbocycles. The minimum absolute atomic E-state index is 0.0512. The van der Waals surface area contributed by atoms with Gasteiger partial charge in [-0.15, -0.1) is 0 Å². The highest BCUT2D eigenvalue weighted by Crippen LogP contribution is 1.98. The van der Waals surface area contributed by atoms with Gasteiger partial charge in [-0.2, -0.15) is 0 Å². The van der Waals surface area contributed by atoms with Crippen molar-refractivity contribution in [3.05, 3.63) is 0 Å². The van der Waals surface area contributed by atoms with E-state index < -0.39 is 0 Å². The average Bonchev–Trinajstić information content (AvgIpc) is 2.34. The quantitative estimate of drug-likeness (QED) is 0.626. The molecule has 0 bridgehead atoms. The molecule has 0 radical (unpaired) electrons. The summed E-state index contributed by atoms with van der Waals surface area (Å²) in [5, 5.41) is 5.93. The van der Waals surface area contributed by atoms with E-state index in [1.807, 2.05) is 0 Å². The van der Waals surface area contributed by atoms with Crippen LogP contribution in [-0.2, 0) is 14.3 Å². The summed E-state index contributed by atoms with van der Waals surface area (Å²) in [6, 6.07) is 0. The van der Waals surface area contributed by atoms with Crippen LogP contribution < -0.4 is 10.6 Å². The second kappa shape index (κ2) is 8.44. The third-order valence-corrected chi connectivity index (χ3v) is 2.61. The molecule has 5 heteroatoms. The molecule has 1 heterocycles. The highest BCUT2D eigenvalue weighted by Gasteiger charge is 2.20. The molecule has 100 valence electrons. The Morgan fingerprint density at radius 2 is 2.35 bits per heavy atom. The smallest absolute Gasteiger partial charge is 0.250 e. The van der Waals surface area contributed by atoms with Crippen molar-refractivity contribution in [2.75, 3.05) is 39.5 Å². The third-order valence-electron chi connectivity index (χ3n) is 2.61. The highest BCUT2D eigenvalue weighted by molar-refractivity contribution is 5.81. The lowest BCUT2D eigenvalue weighted by Gasteiger charge is -2.22. The molecule has 0 aromatic rings. The Bertz CT molecular complexity index is 216. The first-order chi connectivity index (χ1) is 8.20. The molecule has 1 amide bonds. The van der Waals surface area contributed by atoms with E-state index in [4.69, 9.17) is 9.47 Å². The molecule has 2 N–H and O–H groups in total. The molecule has 5 nitrogen and oxygen atoms in total. The van der Waals surface area contributed by atoms with Gasteiger partial charge in [0.15, 0.2) is 0 Å².